The minimum atomic E-state index is 0. The Morgan fingerprint density at radius 2 is 1.92 bits per heavy atom. The molecule has 1 rings (SSSR count). The number of nitrogens with zero attached hydrogens (tertiary/aromatic N) is 2. The predicted molar refractivity (Wildman–Crippen MR) is 115 cm³/mol. The molecule has 0 spiro atoms. The summed E-state index contributed by atoms with van der Waals surface area (Å²) >= 11 is 0. The number of halogens is 1. The number of rotatable bonds is 9. The summed E-state index contributed by atoms with van der Waals surface area (Å²) in [7, 11) is 3.51. The van der Waals surface area contributed by atoms with Crippen LogP contribution in [0.25, 0.3) is 0 Å². The second-order valence-corrected chi connectivity index (χ2v) is 7.18. The number of nitrogens with one attached hydrogen (secondary N) is 2. The van der Waals surface area contributed by atoms with E-state index in [0.717, 1.165) is 32.1 Å². The molecule has 148 valence electrons. The van der Waals surface area contributed by atoms with Crippen molar-refractivity contribution in [3.8, 4) is 0 Å². The SMILES string of the molecule is CC(C)COCCCNC(=NCC(=O)N(C)C)NC1CCCCC1.I. The molecule has 25 heavy (non-hydrogen) atoms. The summed E-state index contributed by atoms with van der Waals surface area (Å²) in [5.41, 5.74) is 0. The standard InChI is InChI=1S/C18H36N4O2.HI/c1-15(2)14-24-12-8-11-19-18(20-13-17(23)22(3)4)21-16-9-6-5-7-10-16;/h15-16H,5-14H2,1-4H3,(H2,19,20,21);1H. The Hall–Kier alpha value is -0.570. The van der Waals surface area contributed by atoms with Crippen LogP contribution < -0.4 is 10.6 Å². The van der Waals surface area contributed by atoms with E-state index in [2.05, 4.69) is 29.5 Å². The molecule has 0 bridgehead atoms. The summed E-state index contributed by atoms with van der Waals surface area (Å²) in [4.78, 5) is 17.8. The molecule has 0 aliphatic heterocycles. The Morgan fingerprint density at radius 1 is 1.24 bits per heavy atom. The Bertz CT molecular complexity index is 383. The second-order valence-electron chi connectivity index (χ2n) is 7.18. The summed E-state index contributed by atoms with van der Waals surface area (Å²) in [6, 6.07) is 0.469. The molecule has 2 N–H and O–H groups in total. The number of hydrogen-bond acceptors (Lipinski definition) is 3. The molecule has 0 saturated heterocycles. The lowest BCUT2D eigenvalue weighted by molar-refractivity contribution is -0.127. The van der Waals surface area contributed by atoms with Gasteiger partial charge in [-0.15, -0.1) is 24.0 Å². The lowest BCUT2D eigenvalue weighted by atomic mass is 9.96. The summed E-state index contributed by atoms with van der Waals surface area (Å²) in [6.45, 7) is 6.83. The Balaban J connectivity index is 0.00000576. The summed E-state index contributed by atoms with van der Waals surface area (Å²) in [5, 5.41) is 6.82. The highest BCUT2D eigenvalue weighted by Crippen LogP contribution is 2.17. The Labute approximate surface area is 170 Å². The van der Waals surface area contributed by atoms with Crippen molar-refractivity contribution in [2.45, 2.75) is 58.4 Å². The molecule has 0 radical (unpaired) electrons. The lowest BCUT2D eigenvalue weighted by Gasteiger charge is -2.25. The summed E-state index contributed by atoms with van der Waals surface area (Å²) < 4.78 is 5.60. The highest BCUT2D eigenvalue weighted by Gasteiger charge is 2.15. The number of likely N-dealkylation sites (N-methyl/N-ethyl adjacent to an activating group) is 1. The van der Waals surface area contributed by atoms with Gasteiger partial charge in [0.25, 0.3) is 0 Å². The first-order valence-corrected chi connectivity index (χ1v) is 9.31. The van der Waals surface area contributed by atoms with Gasteiger partial charge in [-0.05, 0) is 25.2 Å². The smallest absolute Gasteiger partial charge is 0.243 e. The Kier molecular flexibility index (Phi) is 14.3. The minimum absolute atomic E-state index is 0. The van der Waals surface area contributed by atoms with Crippen LogP contribution in [0.5, 0.6) is 0 Å². The van der Waals surface area contributed by atoms with E-state index in [0.29, 0.717) is 12.0 Å². The molecule has 0 heterocycles. The molecule has 1 aliphatic carbocycles. The van der Waals surface area contributed by atoms with Gasteiger partial charge >= 0.3 is 0 Å². The van der Waals surface area contributed by atoms with Gasteiger partial charge in [-0.1, -0.05) is 33.1 Å². The number of hydrogen-bond donors (Lipinski definition) is 2. The van der Waals surface area contributed by atoms with E-state index in [1.165, 1.54) is 32.1 Å². The molecular formula is C18H37IN4O2. The van der Waals surface area contributed by atoms with Gasteiger partial charge in [0.15, 0.2) is 5.96 Å². The van der Waals surface area contributed by atoms with Crippen molar-refractivity contribution >= 4 is 35.8 Å². The van der Waals surface area contributed by atoms with E-state index < -0.39 is 0 Å². The van der Waals surface area contributed by atoms with Crippen molar-refractivity contribution in [3.63, 3.8) is 0 Å². The molecule has 6 nitrogen and oxygen atoms in total. The van der Waals surface area contributed by atoms with Crippen molar-refractivity contribution in [2.75, 3.05) is 40.4 Å². The van der Waals surface area contributed by atoms with E-state index in [4.69, 9.17) is 4.74 Å². The average molecular weight is 468 g/mol. The van der Waals surface area contributed by atoms with E-state index in [-0.39, 0.29) is 36.4 Å². The van der Waals surface area contributed by atoms with Crippen LogP contribution in [-0.2, 0) is 9.53 Å². The van der Waals surface area contributed by atoms with Crippen LogP contribution >= 0.6 is 24.0 Å². The molecular weight excluding hydrogens is 431 g/mol. The van der Waals surface area contributed by atoms with Crippen LogP contribution in [0.4, 0.5) is 0 Å². The van der Waals surface area contributed by atoms with Crippen molar-refractivity contribution in [3.05, 3.63) is 0 Å². The van der Waals surface area contributed by atoms with Gasteiger partial charge in [0.05, 0.1) is 0 Å². The molecule has 1 aliphatic rings. The molecule has 0 aromatic rings. The number of carbonyl (C=O) groups excluding carboxylic acids is 1. The topological polar surface area (TPSA) is 66.0 Å². The third-order valence-corrected chi connectivity index (χ3v) is 4.03. The summed E-state index contributed by atoms with van der Waals surface area (Å²) in [6.07, 6.45) is 7.15. The maximum absolute atomic E-state index is 11.8. The van der Waals surface area contributed by atoms with Crippen LogP contribution in [0.3, 0.4) is 0 Å². The number of ether oxygens (including phenoxy) is 1. The average Bonchev–Trinajstić information content (AvgIpc) is 2.55. The molecule has 0 aromatic heterocycles. The van der Waals surface area contributed by atoms with Gasteiger partial charge in [-0.25, -0.2) is 4.99 Å². The van der Waals surface area contributed by atoms with Crippen LogP contribution in [0, 0.1) is 5.92 Å². The van der Waals surface area contributed by atoms with Crippen LogP contribution in [0.2, 0.25) is 0 Å². The number of aliphatic imine (C=N–C) groups is 1. The van der Waals surface area contributed by atoms with Gasteiger partial charge < -0.3 is 20.3 Å². The van der Waals surface area contributed by atoms with E-state index in [1.54, 1.807) is 19.0 Å². The van der Waals surface area contributed by atoms with E-state index in [9.17, 15) is 4.79 Å². The normalized spacial score (nSPS) is 15.6. The summed E-state index contributed by atoms with van der Waals surface area (Å²) in [5.74, 6) is 1.33. The van der Waals surface area contributed by atoms with E-state index in [1.807, 2.05) is 0 Å². The molecule has 0 unspecified atom stereocenters. The van der Waals surface area contributed by atoms with Crippen molar-refractivity contribution in [1.29, 1.82) is 0 Å². The van der Waals surface area contributed by atoms with Gasteiger partial charge in [0.2, 0.25) is 5.91 Å². The maximum atomic E-state index is 11.8. The third-order valence-electron chi connectivity index (χ3n) is 4.03. The number of guanidine groups is 1. The van der Waals surface area contributed by atoms with Gasteiger partial charge in [-0.3, -0.25) is 4.79 Å². The van der Waals surface area contributed by atoms with Crippen molar-refractivity contribution in [2.24, 2.45) is 10.9 Å². The predicted octanol–water partition coefficient (Wildman–Crippen LogP) is 2.62. The first kappa shape index (κ1) is 24.4. The maximum Gasteiger partial charge on any atom is 0.243 e. The molecule has 1 fully saturated rings. The van der Waals surface area contributed by atoms with Crippen molar-refractivity contribution < 1.29 is 9.53 Å². The zero-order valence-electron chi connectivity index (χ0n) is 16.3. The lowest BCUT2D eigenvalue weighted by Crippen LogP contribution is -2.45. The van der Waals surface area contributed by atoms with Crippen LogP contribution in [0.15, 0.2) is 4.99 Å². The molecule has 0 atom stereocenters. The molecule has 1 saturated carbocycles. The number of amides is 1. The zero-order chi connectivity index (χ0) is 17.8. The fraction of sp³-hybridized carbons (Fsp3) is 0.889. The molecule has 0 aromatic carbocycles. The highest BCUT2D eigenvalue weighted by molar-refractivity contribution is 14.0. The third kappa shape index (κ3) is 12.4. The highest BCUT2D eigenvalue weighted by atomic mass is 127. The van der Waals surface area contributed by atoms with Crippen LogP contribution in [0.1, 0.15) is 52.4 Å². The first-order valence-electron chi connectivity index (χ1n) is 9.31. The second kappa shape index (κ2) is 14.6. The van der Waals surface area contributed by atoms with Crippen LogP contribution in [-0.4, -0.2) is 63.2 Å². The fourth-order valence-electron chi connectivity index (χ4n) is 2.58. The number of carbonyl (C=O) groups is 1. The van der Waals surface area contributed by atoms with E-state index >= 15 is 0 Å². The quantitative estimate of drug-likeness (QED) is 0.236. The molecule has 1 amide bonds. The fourth-order valence-corrected chi connectivity index (χ4v) is 2.58. The first-order chi connectivity index (χ1) is 11.5. The Morgan fingerprint density at radius 3 is 2.52 bits per heavy atom. The monoisotopic (exact) mass is 468 g/mol. The van der Waals surface area contributed by atoms with Gasteiger partial charge in [0.1, 0.15) is 6.54 Å². The largest absolute Gasteiger partial charge is 0.381 e. The van der Waals surface area contributed by atoms with Crippen molar-refractivity contribution in [1.82, 2.24) is 15.5 Å². The zero-order valence-corrected chi connectivity index (χ0v) is 18.7. The minimum Gasteiger partial charge on any atom is -0.381 e. The van der Waals surface area contributed by atoms with Gasteiger partial charge in [0, 0.05) is 39.9 Å². The van der Waals surface area contributed by atoms with Gasteiger partial charge in [-0.2, -0.15) is 0 Å². The molecule has 7 heteroatoms.